The third-order valence-corrected chi connectivity index (χ3v) is 7.36. The number of halogens is 1. The molecule has 7 heteroatoms. The van der Waals surface area contributed by atoms with Crippen molar-refractivity contribution in [2.75, 3.05) is 11.9 Å². The Morgan fingerprint density at radius 1 is 1.00 bits per heavy atom. The summed E-state index contributed by atoms with van der Waals surface area (Å²) in [7, 11) is -3.72. The number of rotatable bonds is 4. The van der Waals surface area contributed by atoms with Crippen molar-refractivity contribution in [2.45, 2.75) is 24.8 Å². The van der Waals surface area contributed by atoms with Crippen LogP contribution in [0, 0.1) is 6.92 Å². The summed E-state index contributed by atoms with van der Waals surface area (Å²) in [4.78, 5) is 12.8. The molecule has 4 rings (SSSR count). The van der Waals surface area contributed by atoms with Crippen LogP contribution < -0.4 is 5.32 Å². The Morgan fingerprint density at radius 3 is 2.53 bits per heavy atom. The minimum atomic E-state index is -3.72. The van der Waals surface area contributed by atoms with Crippen LogP contribution in [0.25, 0.3) is 0 Å². The average molecular weight is 441 g/mol. The van der Waals surface area contributed by atoms with E-state index in [1.807, 2.05) is 37.3 Å². The Hall–Kier alpha value is -2.67. The first kappa shape index (κ1) is 20.6. The summed E-state index contributed by atoms with van der Waals surface area (Å²) < 4.78 is 27.9. The number of sulfonamides is 1. The Morgan fingerprint density at radius 2 is 1.77 bits per heavy atom. The molecule has 0 radical (unpaired) electrons. The largest absolute Gasteiger partial charge is 0.321 e. The number of fused-ring (bicyclic) bond motifs is 1. The van der Waals surface area contributed by atoms with Crippen molar-refractivity contribution in [1.82, 2.24) is 4.31 Å². The molecule has 0 aromatic heterocycles. The molecular weight excluding hydrogens is 420 g/mol. The molecule has 0 aliphatic carbocycles. The molecule has 30 heavy (non-hydrogen) atoms. The first-order valence-electron chi connectivity index (χ1n) is 9.59. The molecule has 0 fully saturated rings. The molecular formula is C23H21ClN2O3S. The molecule has 1 amide bonds. The van der Waals surface area contributed by atoms with Crippen molar-refractivity contribution >= 4 is 33.2 Å². The summed E-state index contributed by atoms with van der Waals surface area (Å²) in [6.07, 6.45) is 0.668. The smallest absolute Gasteiger partial charge is 0.255 e. The predicted octanol–water partition coefficient (Wildman–Crippen LogP) is 4.65. The van der Waals surface area contributed by atoms with Crippen LogP contribution in [0.2, 0.25) is 5.02 Å². The van der Waals surface area contributed by atoms with Gasteiger partial charge in [-0.2, -0.15) is 4.31 Å². The van der Waals surface area contributed by atoms with Crippen LogP contribution in [0.1, 0.15) is 27.0 Å². The molecule has 3 aromatic rings. The molecule has 0 bridgehead atoms. The van der Waals surface area contributed by atoms with Gasteiger partial charge >= 0.3 is 0 Å². The van der Waals surface area contributed by atoms with Crippen molar-refractivity contribution in [3.63, 3.8) is 0 Å². The average Bonchev–Trinajstić information content (AvgIpc) is 2.75. The molecule has 1 aliphatic rings. The highest BCUT2D eigenvalue weighted by Gasteiger charge is 2.28. The highest BCUT2D eigenvalue weighted by Crippen LogP contribution is 2.26. The fraction of sp³-hybridized carbons (Fsp3) is 0.174. The van der Waals surface area contributed by atoms with E-state index in [1.54, 1.807) is 24.3 Å². The molecule has 1 heterocycles. The van der Waals surface area contributed by atoms with Crippen molar-refractivity contribution in [3.05, 3.63) is 94.0 Å². The van der Waals surface area contributed by atoms with Gasteiger partial charge in [0.05, 0.1) is 15.6 Å². The highest BCUT2D eigenvalue weighted by atomic mass is 35.5. The lowest BCUT2D eigenvalue weighted by Crippen LogP contribution is -2.36. The van der Waals surface area contributed by atoms with Gasteiger partial charge in [0.2, 0.25) is 10.0 Å². The number of hydrogen-bond acceptors (Lipinski definition) is 3. The molecule has 154 valence electrons. The van der Waals surface area contributed by atoms with Crippen LogP contribution in [0.15, 0.2) is 71.6 Å². The number of nitrogens with one attached hydrogen (secondary N) is 1. The summed E-state index contributed by atoms with van der Waals surface area (Å²) in [5.74, 6) is -0.415. The second-order valence-corrected chi connectivity index (χ2v) is 9.67. The van der Waals surface area contributed by atoms with Crippen LogP contribution in [0.3, 0.4) is 0 Å². The molecule has 5 nitrogen and oxygen atoms in total. The van der Waals surface area contributed by atoms with Crippen LogP contribution in [-0.4, -0.2) is 25.2 Å². The van der Waals surface area contributed by atoms with Crippen molar-refractivity contribution in [1.29, 1.82) is 0 Å². The first-order chi connectivity index (χ1) is 14.3. The minimum Gasteiger partial charge on any atom is -0.321 e. The summed E-state index contributed by atoms with van der Waals surface area (Å²) in [6, 6.07) is 19.3. The summed E-state index contributed by atoms with van der Waals surface area (Å²) >= 11 is 6.19. The van der Waals surface area contributed by atoms with Crippen LogP contribution in [0.5, 0.6) is 0 Å². The lowest BCUT2D eigenvalue weighted by Gasteiger charge is -2.28. The zero-order valence-electron chi connectivity index (χ0n) is 16.4. The zero-order valence-corrected chi connectivity index (χ0v) is 18.0. The number of nitrogens with zero attached hydrogens (tertiary/aromatic N) is 1. The molecule has 0 spiro atoms. The number of carbonyl (C=O) groups is 1. The molecule has 0 saturated carbocycles. The van der Waals surface area contributed by atoms with E-state index < -0.39 is 15.9 Å². The summed E-state index contributed by atoms with van der Waals surface area (Å²) in [5, 5.41) is 3.18. The van der Waals surface area contributed by atoms with E-state index in [-0.39, 0.29) is 10.5 Å². The van der Waals surface area contributed by atoms with Gasteiger partial charge in [-0.25, -0.2) is 8.42 Å². The lowest BCUT2D eigenvalue weighted by molar-refractivity contribution is 0.102. The molecule has 3 aromatic carbocycles. The van der Waals surface area contributed by atoms with E-state index in [9.17, 15) is 13.2 Å². The maximum atomic E-state index is 13.2. The maximum absolute atomic E-state index is 13.2. The Labute approximate surface area is 181 Å². The monoisotopic (exact) mass is 440 g/mol. The van der Waals surface area contributed by atoms with Gasteiger partial charge in [0.15, 0.2) is 0 Å². The van der Waals surface area contributed by atoms with Gasteiger partial charge in [-0.3, -0.25) is 4.79 Å². The van der Waals surface area contributed by atoms with Gasteiger partial charge in [-0.05, 0) is 60.4 Å². The zero-order chi connectivity index (χ0) is 21.3. The standard InChI is InChI=1S/C23H21ClN2O3S/c1-16-9-10-22(21(24)13-16)25-23(27)18-7-4-8-20(14-18)30(28,29)26-12-11-17-5-2-3-6-19(17)15-26/h2-10,13-14H,11-12,15H2,1H3,(H,25,27). The topological polar surface area (TPSA) is 66.5 Å². The quantitative estimate of drug-likeness (QED) is 0.642. The predicted molar refractivity (Wildman–Crippen MR) is 118 cm³/mol. The van der Waals surface area contributed by atoms with E-state index in [0.717, 1.165) is 11.1 Å². The third kappa shape index (κ3) is 4.12. The number of carbonyl (C=O) groups excluding carboxylic acids is 1. The number of anilines is 1. The first-order valence-corrected chi connectivity index (χ1v) is 11.4. The van der Waals surface area contributed by atoms with E-state index >= 15 is 0 Å². The lowest BCUT2D eigenvalue weighted by atomic mass is 10.0. The fourth-order valence-corrected chi connectivity index (χ4v) is 5.29. The van der Waals surface area contributed by atoms with E-state index in [1.165, 1.54) is 22.0 Å². The normalized spacial score (nSPS) is 14.2. The molecule has 0 atom stereocenters. The highest BCUT2D eigenvalue weighted by molar-refractivity contribution is 7.89. The van der Waals surface area contributed by atoms with E-state index in [0.29, 0.717) is 30.2 Å². The minimum absolute atomic E-state index is 0.101. The molecule has 1 aliphatic heterocycles. The number of amides is 1. The van der Waals surface area contributed by atoms with Gasteiger partial charge in [0.1, 0.15) is 0 Å². The van der Waals surface area contributed by atoms with Gasteiger partial charge in [-0.15, -0.1) is 0 Å². The van der Waals surface area contributed by atoms with Gasteiger partial charge in [-0.1, -0.05) is 48.0 Å². The van der Waals surface area contributed by atoms with Crippen molar-refractivity contribution in [2.24, 2.45) is 0 Å². The van der Waals surface area contributed by atoms with Crippen LogP contribution in [-0.2, 0) is 23.0 Å². The molecule has 0 unspecified atom stereocenters. The SMILES string of the molecule is Cc1ccc(NC(=O)c2cccc(S(=O)(=O)N3CCc4ccccc4C3)c2)c(Cl)c1. The Balaban J connectivity index is 1.57. The summed E-state index contributed by atoms with van der Waals surface area (Å²) in [5.41, 5.74) is 3.90. The molecule has 0 saturated heterocycles. The van der Waals surface area contributed by atoms with Crippen molar-refractivity contribution < 1.29 is 13.2 Å². The number of aryl methyl sites for hydroxylation is 1. The van der Waals surface area contributed by atoms with Crippen molar-refractivity contribution in [3.8, 4) is 0 Å². The summed E-state index contributed by atoms with van der Waals surface area (Å²) in [6.45, 7) is 2.65. The second-order valence-electron chi connectivity index (χ2n) is 7.32. The van der Waals surface area contributed by atoms with Gasteiger partial charge < -0.3 is 5.32 Å². The van der Waals surface area contributed by atoms with E-state index in [4.69, 9.17) is 11.6 Å². The number of hydrogen-bond donors (Lipinski definition) is 1. The fourth-order valence-electron chi connectivity index (χ4n) is 3.54. The molecule has 1 N–H and O–H groups in total. The van der Waals surface area contributed by atoms with Gasteiger partial charge in [0.25, 0.3) is 5.91 Å². The second kappa shape index (κ2) is 8.22. The maximum Gasteiger partial charge on any atom is 0.255 e. The number of benzene rings is 3. The Bertz CT molecular complexity index is 1220. The van der Waals surface area contributed by atoms with E-state index in [2.05, 4.69) is 5.32 Å². The van der Waals surface area contributed by atoms with Crippen LogP contribution >= 0.6 is 11.6 Å². The third-order valence-electron chi connectivity index (χ3n) is 5.20. The van der Waals surface area contributed by atoms with Gasteiger partial charge in [0, 0.05) is 18.7 Å². The van der Waals surface area contributed by atoms with Crippen LogP contribution in [0.4, 0.5) is 5.69 Å². The Kier molecular flexibility index (Phi) is 5.64.